The largest absolute Gasteiger partial charge is 0.476 e. The molecule has 114 valence electrons. The highest BCUT2D eigenvalue weighted by Crippen LogP contribution is 2.22. The summed E-state index contributed by atoms with van der Waals surface area (Å²) in [7, 11) is 0. The SMILES string of the molecule is CCSCCCn1nnc(C(=O)O)c1-c1cnn(CC)c1. The summed E-state index contributed by atoms with van der Waals surface area (Å²) in [5.74, 6) is 1.03. The number of carboxylic acids is 1. The zero-order valence-corrected chi connectivity index (χ0v) is 13.0. The number of aromatic carboxylic acids is 1. The zero-order chi connectivity index (χ0) is 15.2. The van der Waals surface area contributed by atoms with E-state index < -0.39 is 5.97 Å². The molecule has 2 aromatic rings. The van der Waals surface area contributed by atoms with Crippen LogP contribution in [0.2, 0.25) is 0 Å². The van der Waals surface area contributed by atoms with Crippen molar-refractivity contribution in [1.82, 2.24) is 24.8 Å². The minimum Gasteiger partial charge on any atom is -0.476 e. The maximum atomic E-state index is 11.3. The van der Waals surface area contributed by atoms with E-state index in [1.54, 1.807) is 15.6 Å². The van der Waals surface area contributed by atoms with Crippen molar-refractivity contribution in [2.24, 2.45) is 0 Å². The topological polar surface area (TPSA) is 85.8 Å². The standard InChI is InChI=1S/C13H19N5O2S/c1-3-17-9-10(8-14-17)12-11(13(19)20)15-16-18(12)6-5-7-21-4-2/h8-9H,3-7H2,1-2H3,(H,19,20). The summed E-state index contributed by atoms with van der Waals surface area (Å²) in [4.78, 5) is 11.3. The van der Waals surface area contributed by atoms with Crippen molar-refractivity contribution in [2.75, 3.05) is 11.5 Å². The predicted octanol–water partition coefficient (Wildman–Crippen LogP) is 2.00. The van der Waals surface area contributed by atoms with Gasteiger partial charge in [0.05, 0.1) is 6.20 Å². The summed E-state index contributed by atoms with van der Waals surface area (Å²) >= 11 is 1.86. The smallest absolute Gasteiger partial charge is 0.358 e. The number of carbonyl (C=O) groups is 1. The molecule has 0 atom stereocenters. The Kier molecular flexibility index (Phi) is 5.38. The summed E-state index contributed by atoms with van der Waals surface area (Å²) in [6.07, 6.45) is 4.41. The number of nitrogens with zero attached hydrogens (tertiary/aromatic N) is 5. The first-order valence-corrected chi connectivity index (χ1v) is 8.10. The van der Waals surface area contributed by atoms with Crippen molar-refractivity contribution in [2.45, 2.75) is 33.4 Å². The van der Waals surface area contributed by atoms with Crippen LogP contribution in [-0.2, 0) is 13.1 Å². The molecule has 0 saturated carbocycles. The Bertz CT molecular complexity index is 607. The van der Waals surface area contributed by atoms with Crippen LogP contribution in [0.5, 0.6) is 0 Å². The predicted molar refractivity (Wildman–Crippen MR) is 81.5 cm³/mol. The van der Waals surface area contributed by atoms with Crippen molar-refractivity contribution in [1.29, 1.82) is 0 Å². The Hall–Kier alpha value is -1.83. The molecule has 0 aliphatic carbocycles. The first kappa shape index (κ1) is 15.6. The molecule has 0 aromatic carbocycles. The van der Waals surface area contributed by atoms with Crippen LogP contribution in [0.3, 0.4) is 0 Å². The average molecular weight is 309 g/mol. The second kappa shape index (κ2) is 7.26. The molecule has 0 amide bonds. The van der Waals surface area contributed by atoms with Gasteiger partial charge in [-0.3, -0.25) is 4.68 Å². The third kappa shape index (κ3) is 3.63. The fraction of sp³-hybridized carbons (Fsp3) is 0.538. The van der Waals surface area contributed by atoms with E-state index in [0.717, 1.165) is 30.0 Å². The summed E-state index contributed by atoms with van der Waals surface area (Å²) < 4.78 is 3.42. The summed E-state index contributed by atoms with van der Waals surface area (Å²) in [6, 6.07) is 0. The highest BCUT2D eigenvalue weighted by Gasteiger charge is 2.21. The van der Waals surface area contributed by atoms with Crippen LogP contribution in [0.4, 0.5) is 0 Å². The van der Waals surface area contributed by atoms with E-state index in [4.69, 9.17) is 0 Å². The Morgan fingerprint density at radius 1 is 1.43 bits per heavy atom. The number of thioether (sulfide) groups is 1. The average Bonchev–Trinajstić information content (AvgIpc) is 3.09. The van der Waals surface area contributed by atoms with Crippen LogP contribution in [0.15, 0.2) is 12.4 Å². The van der Waals surface area contributed by atoms with Crippen LogP contribution < -0.4 is 0 Å². The van der Waals surface area contributed by atoms with E-state index in [2.05, 4.69) is 22.3 Å². The Morgan fingerprint density at radius 2 is 2.24 bits per heavy atom. The molecule has 7 nitrogen and oxygen atoms in total. The molecular weight excluding hydrogens is 290 g/mol. The lowest BCUT2D eigenvalue weighted by Crippen LogP contribution is -2.05. The van der Waals surface area contributed by atoms with Crippen LogP contribution in [0, 0.1) is 0 Å². The Balaban J connectivity index is 2.26. The van der Waals surface area contributed by atoms with Crippen LogP contribution in [0.25, 0.3) is 11.3 Å². The lowest BCUT2D eigenvalue weighted by molar-refractivity contribution is 0.0691. The lowest BCUT2D eigenvalue weighted by atomic mass is 10.2. The van der Waals surface area contributed by atoms with Crippen molar-refractivity contribution < 1.29 is 9.90 Å². The molecule has 21 heavy (non-hydrogen) atoms. The van der Waals surface area contributed by atoms with Gasteiger partial charge in [0.15, 0.2) is 5.69 Å². The molecule has 2 heterocycles. The number of hydrogen-bond donors (Lipinski definition) is 1. The molecule has 0 aliphatic heterocycles. The molecule has 1 N–H and O–H groups in total. The highest BCUT2D eigenvalue weighted by molar-refractivity contribution is 7.99. The minimum atomic E-state index is -1.07. The normalized spacial score (nSPS) is 11.0. The Morgan fingerprint density at radius 3 is 2.86 bits per heavy atom. The van der Waals surface area contributed by atoms with Gasteiger partial charge in [0.2, 0.25) is 0 Å². The van der Waals surface area contributed by atoms with Gasteiger partial charge in [-0.25, -0.2) is 9.48 Å². The number of aryl methyl sites for hydroxylation is 2. The molecule has 0 aliphatic rings. The van der Waals surface area contributed by atoms with E-state index in [1.165, 1.54) is 0 Å². The second-order valence-electron chi connectivity index (χ2n) is 4.45. The van der Waals surface area contributed by atoms with Gasteiger partial charge in [0, 0.05) is 24.8 Å². The van der Waals surface area contributed by atoms with Crippen LogP contribution in [0.1, 0.15) is 30.8 Å². The van der Waals surface area contributed by atoms with Gasteiger partial charge in [0.25, 0.3) is 0 Å². The molecule has 0 unspecified atom stereocenters. The molecule has 2 aromatic heterocycles. The van der Waals surface area contributed by atoms with Gasteiger partial charge in [-0.2, -0.15) is 16.9 Å². The number of rotatable bonds is 8. The number of hydrogen-bond acceptors (Lipinski definition) is 5. The third-order valence-electron chi connectivity index (χ3n) is 3.03. The molecule has 0 radical (unpaired) electrons. The van der Waals surface area contributed by atoms with Crippen molar-refractivity contribution in [3.8, 4) is 11.3 Å². The van der Waals surface area contributed by atoms with E-state index in [0.29, 0.717) is 12.2 Å². The van der Waals surface area contributed by atoms with Gasteiger partial charge in [-0.05, 0) is 24.9 Å². The van der Waals surface area contributed by atoms with Crippen LogP contribution >= 0.6 is 11.8 Å². The zero-order valence-electron chi connectivity index (χ0n) is 12.2. The van der Waals surface area contributed by atoms with E-state index in [-0.39, 0.29) is 5.69 Å². The van der Waals surface area contributed by atoms with E-state index in [9.17, 15) is 9.90 Å². The van der Waals surface area contributed by atoms with E-state index >= 15 is 0 Å². The van der Waals surface area contributed by atoms with Gasteiger partial charge < -0.3 is 5.11 Å². The third-order valence-corrected chi connectivity index (χ3v) is 4.02. The van der Waals surface area contributed by atoms with Crippen molar-refractivity contribution >= 4 is 17.7 Å². The molecule has 2 rings (SSSR count). The van der Waals surface area contributed by atoms with Gasteiger partial charge in [-0.15, -0.1) is 5.10 Å². The highest BCUT2D eigenvalue weighted by atomic mass is 32.2. The quantitative estimate of drug-likeness (QED) is 0.751. The first-order chi connectivity index (χ1) is 10.2. The fourth-order valence-corrected chi connectivity index (χ4v) is 2.64. The molecule has 0 spiro atoms. The van der Waals surface area contributed by atoms with Gasteiger partial charge in [-0.1, -0.05) is 12.1 Å². The maximum Gasteiger partial charge on any atom is 0.358 e. The molecule has 0 saturated heterocycles. The van der Waals surface area contributed by atoms with Crippen LogP contribution in [-0.4, -0.2) is 47.4 Å². The fourth-order valence-electron chi connectivity index (χ4n) is 2.02. The first-order valence-electron chi connectivity index (χ1n) is 6.94. The molecule has 8 heteroatoms. The summed E-state index contributed by atoms with van der Waals surface area (Å²) in [6.45, 7) is 5.48. The summed E-state index contributed by atoms with van der Waals surface area (Å²) in [5, 5.41) is 21.2. The minimum absolute atomic E-state index is 0.0196. The van der Waals surface area contributed by atoms with Crippen molar-refractivity contribution in [3.05, 3.63) is 18.1 Å². The van der Waals surface area contributed by atoms with Crippen molar-refractivity contribution in [3.63, 3.8) is 0 Å². The lowest BCUT2D eigenvalue weighted by Gasteiger charge is -2.05. The second-order valence-corrected chi connectivity index (χ2v) is 5.84. The van der Waals surface area contributed by atoms with Gasteiger partial charge in [0.1, 0.15) is 5.69 Å². The van der Waals surface area contributed by atoms with E-state index in [1.807, 2.05) is 24.9 Å². The number of carboxylic acid groups (broad SMARTS) is 1. The Labute approximate surface area is 127 Å². The molecule has 0 fully saturated rings. The molecule has 0 bridgehead atoms. The summed E-state index contributed by atoms with van der Waals surface area (Å²) in [5.41, 5.74) is 1.25. The molecular formula is C13H19N5O2S. The van der Waals surface area contributed by atoms with Gasteiger partial charge >= 0.3 is 5.97 Å². The number of aromatic nitrogens is 5. The maximum absolute atomic E-state index is 11.3. The monoisotopic (exact) mass is 309 g/mol.